The van der Waals surface area contributed by atoms with Crippen LogP contribution >= 0.6 is 0 Å². The van der Waals surface area contributed by atoms with Gasteiger partial charge in [0.2, 0.25) is 5.88 Å². The van der Waals surface area contributed by atoms with E-state index in [4.69, 9.17) is 33.4 Å². The van der Waals surface area contributed by atoms with Gasteiger partial charge in [-0.05, 0) is 29.3 Å². The second-order valence-electron chi connectivity index (χ2n) is 10.7. The third-order valence-corrected chi connectivity index (χ3v) is 8.26. The molecule has 4 heterocycles. The first kappa shape index (κ1) is 27.4. The molecule has 0 radical (unpaired) electrons. The Bertz CT molecular complexity index is 2330. The smallest absolute Gasteiger partial charge is 0.344 e. The number of aromatic nitrogens is 4. The fourth-order valence-electron chi connectivity index (χ4n) is 6.08. The van der Waals surface area contributed by atoms with Crippen molar-refractivity contribution in [2.75, 3.05) is 21.3 Å². The lowest BCUT2D eigenvalue weighted by Crippen LogP contribution is -2.23. The number of methoxy groups -OCH3 is 3. The van der Waals surface area contributed by atoms with Gasteiger partial charge >= 0.3 is 5.63 Å². The Morgan fingerprint density at radius 3 is 2.17 bits per heavy atom. The maximum atomic E-state index is 13.9. The van der Waals surface area contributed by atoms with Gasteiger partial charge in [-0.3, -0.25) is 0 Å². The van der Waals surface area contributed by atoms with Gasteiger partial charge in [-0.15, -0.1) is 5.10 Å². The van der Waals surface area contributed by atoms with Crippen molar-refractivity contribution in [1.29, 1.82) is 0 Å². The molecule has 7 aromatic rings. The highest BCUT2D eigenvalue weighted by Gasteiger charge is 2.39. The van der Waals surface area contributed by atoms with Crippen LogP contribution < -0.4 is 24.6 Å². The molecule has 0 N–H and O–H groups in total. The lowest BCUT2D eigenvalue weighted by molar-refractivity contribution is 0.346. The minimum Gasteiger partial charge on any atom is -0.496 e. The molecule has 0 saturated heterocycles. The Morgan fingerprint density at radius 2 is 1.41 bits per heavy atom. The van der Waals surface area contributed by atoms with Crippen molar-refractivity contribution in [3.05, 3.63) is 124 Å². The summed E-state index contributed by atoms with van der Waals surface area (Å²) in [5.74, 6) is 1.75. The predicted octanol–water partition coefficient (Wildman–Crippen LogP) is 6.88. The van der Waals surface area contributed by atoms with Gasteiger partial charge in [0.25, 0.3) is 0 Å². The zero-order valence-electron chi connectivity index (χ0n) is 25.1. The summed E-state index contributed by atoms with van der Waals surface area (Å²) >= 11 is 0. The van der Waals surface area contributed by atoms with Crippen LogP contribution in [0.5, 0.6) is 28.9 Å². The van der Waals surface area contributed by atoms with Crippen LogP contribution in [0.3, 0.4) is 0 Å². The zero-order valence-corrected chi connectivity index (χ0v) is 25.1. The topological polar surface area (TPSA) is 110 Å². The summed E-state index contributed by atoms with van der Waals surface area (Å²) < 4.78 is 31.0. The molecule has 10 heteroatoms. The number of nitrogens with zero attached hydrogens (tertiary/aromatic N) is 4. The minimum absolute atomic E-state index is 0.281. The van der Waals surface area contributed by atoms with Crippen molar-refractivity contribution in [3.63, 3.8) is 0 Å². The molecule has 0 saturated carbocycles. The number of benzene rings is 4. The SMILES string of the molecule is COc1cc(OC)c(C2c3c(c4ccccc4oc3=O)Oc3ncn4nc(-c5ccc(-c6ccccc6)cc5)nc4c32)cc1OC. The van der Waals surface area contributed by atoms with Gasteiger partial charge in [0.15, 0.2) is 28.7 Å². The fourth-order valence-corrected chi connectivity index (χ4v) is 6.08. The Balaban J connectivity index is 1.37. The van der Waals surface area contributed by atoms with Crippen LogP contribution in [0, 0.1) is 0 Å². The molecule has 1 aliphatic rings. The maximum absolute atomic E-state index is 13.9. The standard InChI is InChI=1S/C36H26N4O6/c1-42-26-18-28(44-3)27(43-2)17-24(26)29-30-32(23-11-7-8-12-25(23)45-36(30)41)46-35-31(29)34-38-33(39-40(34)19-37-35)22-15-13-21(14-16-22)20-9-5-4-6-10-20/h4-19,29H,1-3H3. The summed E-state index contributed by atoms with van der Waals surface area (Å²) in [6.45, 7) is 0. The van der Waals surface area contributed by atoms with Gasteiger partial charge < -0.3 is 23.4 Å². The molecule has 0 spiro atoms. The molecule has 1 unspecified atom stereocenters. The van der Waals surface area contributed by atoms with Crippen LogP contribution in [0.2, 0.25) is 0 Å². The Morgan fingerprint density at radius 1 is 0.739 bits per heavy atom. The van der Waals surface area contributed by atoms with Crippen molar-refractivity contribution in [1.82, 2.24) is 19.6 Å². The normalized spacial score (nSPS) is 13.6. The minimum atomic E-state index is -0.775. The number of ether oxygens (including phenoxy) is 4. The van der Waals surface area contributed by atoms with Crippen LogP contribution in [0.4, 0.5) is 0 Å². The number of fused-ring (bicyclic) bond motifs is 6. The fraction of sp³-hybridized carbons (Fsp3) is 0.111. The summed E-state index contributed by atoms with van der Waals surface area (Å²) in [6, 6.07) is 28.9. The number of hydrogen-bond donors (Lipinski definition) is 0. The lowest BCUT2D eigenvalue weighted by atomic mass is 9.83. The highest BCUT2D eigenvalue weighted by molar-refractivity contribution is 5.87. The van der Waals surface area contributed by atoms with Crippen LogP contribution in [-0.4, -0.2) is 40.9 Å². The van der Waals surface area contributed by atoms with E-state index in [1.807, 2.05) is 54.6 Å². The van der Waals surface area contributed by atoms with E-state index in [0.29, 0.717) is 56.6 Å². The average Bonchev–Trinajstić information content (AvgIpc) is 3.55. The molecule has 10 nitrogen and oxygen atoms in total. The highest BCUT2D eigenvalue weighted by Crippen LogP contribution is 2.52. The third-order valence-electron chi connectivity index (χ3n) is 8.26. The van der Waals surface area contributed by atoms with Crippen molar-refractivity contribution in [3.8, 4) is 51.4 Å². The van der Waals surface area contributed by atoms with Gasteiger partial charge in [-0.2, -0.15) is 0 Å². The van der Waals surface area contributed by atoms with Crippen LogP contribution in [0.1, 0.15) is 22.6 Å². The summed E-state index contributed by atoms with van der Waals surface area (Å²) in [6.07, 6.45) is 1.56. The van der Waals surface area contributed by atoms with E-state index in [-0.39, 0.29) is 11.4 Å². The highest BCUT2D eigenvalue weighted by atomic mass is 16.5. The molecule has 1 atom stereocenters. The zero-order chi connectivity index (χ0) is 31.4. The maximum Gasteiger partial charge on any atom is 0.344 e. The monoisotopic (exact) mass is 610 g/mol. The van der Waals surface area contributed by atoms with E-state index in [1.165, 1.54) is 0 Å². The number of rotatable bonds is 6. The van der Waals surface area contributed by atoms with Crippen LogP contribution in [-0.2, 0) is 0 Å². The third kappa shape index (κ3) is 4.26. The summed E-state index contributed by atoms with van der Waals surface area (Å²) in [5.41, 5.74) is 4.75. The quantitative estimate of drug-likeness (QED) is 0.186. The average molecular weight is 611 g/mol. The summed E-state index contributed by atoms with van der Waals surface area (Å²) in [7, 11) is 4.66. The molecule has 0 fully saturated rings. The summed E-state index contributed by atoms with van der Waals surface area (Å²) in [5, 5.41) is 5.40. The Kier molecular flexibility index (Phi) is 6.42. The second-order valence-corrected chi connectivity index (χ2v) is 10.7. The molecule has 0 bridgehead atoms. The molecule has 46 heavy (non-hydrogen) atoms. The van der Waals surface area contributed by atoms with Crippen molar-refractivity contribution >= 4 is 16.6 Å². The first-order chi connectivity index (χ1) is 22.6. The van der Waals surface area contributed by atoms with E-state index >= 15 is 0 Å². The van der Waals surface area contributed by atoms with Gasteiger partial charge in [0.1, 0.15) is 17.7 Å². The molecular weight excluding hydrogens is 584 g/mol. The van der Waals surface area contributed by atoms with Crippen molar-refractivity contribution in [2.45, 2.75) is 5.92 Å². The number of para-hydroxylation sites is 1. The molecular formula is C36H26N4O6. The first-order valence-corrected chi connectivity index (χ1v) is 14.5. The largest absolute Gasteiger partial charge is 0.496 e. The van der Waals surface area contributed by atoms with Crippen molar-refractivity contribution in [2.24, 2.45) is 0 Å². The van der Waals surface area contributed by atoms with Gasteiger partial charge in [0.05, 0.1) is 43.8 Å². The van der Waals surface area contributed by atoms with Crippen LogP contribution in [0.25, 0.3) is 39.1 Å². The van der Waals surface area contributed by atoms with Crippen LogP contribution in [0.15, 0.2) is 107 Å². The van der Waals surface area contributed by atoms with Gasteiger partial charge in [0, 0.05) is 17.2 Å². The van der Waals surface area contributed by atoms with E-state index in [1.54, 1.807) is 56.4 Å². The molecule has 4 aromatic carbocycles. The summed E-state index contributed by atoms with van der Waals surface area (Å²) in [4.78, 5) is 23.5. The molecule has 8 rings (SSSR count). The van der Waals surface area contributed by atoms with Gasteiger partial charge in [-0.1, -0.05) is 66.7 Å². The lowest BCUT2D eigenvalue weighted by Gasteiger charge is -2.28. The molecule has 3 aromatic heterocycles. The van der Waals surface area contributed by atoms with E-state index in [2.05, 4.69) is 17.1 Å². The van der Waals surface area contributed by atoms with Crippen molar-refractivity contribution < 1.29 is 23.4 Å². The molecule has 0 aliphatic carbocycles. The molecule has 226 valence electrons. The molecule has 1 aliphatic heterocycles. The predicted molar refractivity (Wildman–Crippen MR) is 171 cm³/mol. The first-order valence-electron chi connectivity index (χ1n) is 14.5. The second kappa shape index (κ2) is 10.8. The van der Waals surface area contributed by atoms with E-state index in [0.717, 1.165) is 16.7 Å². The van der Waals surface area contributed by atoms with E-state index in [9.17, 15) is 4.79 Å². The Hall–Kier alpha value is -6.16. The van der Waals surface area contributed by atoms with Gasteiger partial charge in [-0.25, -0.2) is 19.3 Å². The Labute approximate surface area is 262 Å². The van der Waals surface area contributed by atoms with E-state index < -0.39 is 11.5 Å². The molecule has 0 amide bonds. The number of hydrogen-bond acceptors (Lipinski definition) is 9.